The normalized spacial score (nSPS) is 14.0. The Labute approximate surface area is 160 Å². The summed E-state index contributed by atoms with van der Waals surface area (Å²) in [6, 6.07) is 10.8. The second-order valence-electron chi connectivity index (χ2n) is 6.55. The SMILES string of the molecule is Cc1ccc2c(c1)C(=O)N(CCC(=O)O[C@@H](C)c1cccc([N+](=O)[O-])c1)C2=O. The van der Waals surface area contributed by atoms with Gasteiger partial charge < -0.3 is 4.74 Å². The maximum atomic E-state index is 12.4. The predicted octanol–water partition coefficient (Wildman–Crippen LogP) is 3.19. The molecule has 144 valence electrons. The molecular weight excluding hydrogens is 364 g/mol. The van der Waals surface area contributed by atoms with E-state index in [0.29, 0.717) is 16.7 Å². The van der Waals surface area contributed by atoms with E-state index in [0.717, 1.165) is 10.5 Å². The highest BCUT2D eigenvalue weighted by Crippen LogP contribution is 2.25. The Kier molecular flexibility index (Phi) is 5.21. The van der Waals surface area contributed by atoms with Crippen molar-refractivity contribution in [3.8, 4) is 0 Å². The molecule has 0 unspecified atom stereocenters. The quantitative estimate of drug-likeness (QED) is 0.329. The van der Waals surface area contributed by atoms with E-state index in [1.54, 1.807) is 31.2 Å². The number of nitrogens with zero attached hydrogens (tertiary/aromatic N) is 2. The van der Waals surface area contributed by atoms with Crippen molar-refractivity contribution in [2.45, 2.75) is 26.4 Å². The molecule has 2 aromatic rings. The van der Waals surface area contributed by atoms with E-state index in [1.807, 2.05) is 6.92 Å². The number of rotatable bonds is 6. The van der Waals surface area contributed by atoms with Gasteiger partial charge in [-0.2, -0.15) is 0 Å². The number of benzene rings is 2. The number of ether oxygens (including phenoxy) is 1. The summed E-state index contributed by atoms with van der Waals surface area (Å²) in [4.78, 5) is 48.3. The Morgan fingerprint density at radius 2 is 1.86 bits per heavy atom. The minimum absolute atomic E-state index is 0.0914. The van der Waals surface area contributed by atoms with Crippen LogP contribution >= 0.6 is 0 Å². The van der Waals surface area contributed by atoms with Crippen LogP contribution in [0.4, 0.5) is 5.69 Å². The van der Waals surface area contributed by atoms with Crippen LogP contribution in [0.25, 0.3) is 0 Å². The standard InChI is InChI=1S/C20H18N2O6/c1-12-6-7-16-17(10-12)20(25)21(19(16)24)9-8-18(23)28-13(2)14-4-3-5-15(11-14)22(26)27/h3-7,10-11,13H,8-9H2,1-2H3/t13-/m0/s1. The van der Waals surface area contributed by atoms with Crippen LogP contribution in [0.15, 0.2) is 42.5 Å². The Morgan fingerprint density at radius 3 is 2.57 bits per heavy atom. The first kappa shape index (κ1) is 19.2. The third-order valence-corrected chi connectivity index (χ3v) is 4.52. The fourth-order valence-corrected chi connectivity index (χ4v) is 3.03. The highest BCUT2D eigenvalue weighted by atomic mass is 16.6. The Morgan fingerprint density at radius 1 is 1.14 bits per heavy atom. The summed E-state index contributed by atoms with van der Waals surface area (Å²) in [6.45, 7) is 3.33. The fraction of sp³-hybridized carbons (Fsp3) is 0.250. The van der Waals surface area contributed by atoms with Crippen LogP contribution in [0, 0.1) is 17.0 Å². The molecule has 0 aromatic heterocycles. The lowest BCUT2D eigenvalue weighted by Crippen LogP contribution is -2.32. The van der Waals surface area contributed by atoms with Crippen molar-refractivity contribution in [2.24, 2.45) is 0 Å². The molecule has 2 aromatic carbocycles. The summed E-state index contributed by atoms with van der Waals surface area (Å²) >= 11 is 0. The van der Waals surface area contributed by atoms with Gasteiger partial charge in [0.15, 0.2) is 0 Å². The average Bonchev–Trinajstić information content (AvgIpc) is 2.90. The van der Waals surface area contributed by atoms with Gasteiger partial charge in [0.1, 0.15) is 6.10 Å². The van der Waals surface area contributed by atoms with E-state index >= 15 is 0 Å². The second kappa shape index (κ2) is 7.59. The molecule has 0 radical (unpaired) electrons. The highest BCUT2D eigenvalue weighted by molar-refractivity contribution is 6.21. The first-order valence-electron chi connectivity index (χ1n) is 8.68. The zero-order valence-corrected chi connectivity index (χ0v) is 15.4. The Hall–Kier alpha value is -3.55. The van der Waals surface area contributed by atoms with Crippen molar-refractivity contribution in [2.75, 3.05) is 6.54 Å². The van der Waals surface area contributed by atoms with Crippen LogP contribution in [-0.4, -0.2) is 34.2 Å². The van der Waals surface area contributed by atoms with E-state index in [9.17, 15) is 24.5 Å². The van der Waals surface area contributed by atoms with Gasteiger partial charge in [-0.05, 0) is 31.5 Å². The van der Waals surface area contributed by atoms with Crippen LogP contribution in [0.3, 0.4) is 0 Å². The predicted molar refractivity (Wildman–Crippen MR) is 98.8 cm³/mol. The number of aryl methyl sites for hydroxylation is 1. The number of nitro groups is 1. The van der Waals surface area contributed by atoms with Crippen LogP contribution in [0.1, 0.15) is 51.3 Å². The summed E-state index contributed by atoms with van der Waals surface area (Å²) in [5.74, 6) is -1.46. The van der Waals surface area contributed by atoms with Crippen molar-refractivity contribution in [1.29, 1.82) is 0 Å². The minimum Gasteiger partial charge on any atom is -0.458 e. The maximum absolute atomic E-state index is 12.4. The van der Waals surface area contributed by atoms with E-state index in [4.69, 9.17) is 4.74 Å². The van der Waals surface area contributed by atoms with Crippen LogP contribution < -0.4 is 0 Å². The Bertz CT molecular complexity index is 984. The lowest BCUT2D eigenvalue weighted by molar-refractivity contribution is -0.385. The van der Waals surface area contributed by atoms with Gasteiger partial charge in [-0.1, -0.05) is 23.8 Å². The molecule has 1 atom stereocenters. The van der Waals surface area contributed by atoms with Crippen LogP contribution in [0.5, 0.6) is 0 Å². The molecule has 0 spiro atoms. The monoisotopic (exact) mass is 382 g/mol. The van der Waals surface area contributed by atoms with Crippen molar-refractivity contribution >= 4 is 23.5 Å². The number of non-ortho nitro benzene ring substituents is 1. The van der Waals surface area contributed by atoms with Gasteiger partial charge in [0, 0.05) is 18.7 Å². The number of amides is 2. The number of imide groups is 1. The van der Waals surface area contributed by atoms with Gasteiger partial charge >= 0.3 is 5.97 Å². The molecule has 0 saturated heterocycles. The number of esters is 1. The topological polar surface area (TPSA) is 107 Å². The van der Waals surface area contributed by atoms with Gasteiger partial charge in [0.2, 0.25) is 0 Å². The number of fused-ring (bicyclic) bond motifs is 1. The molecule has 0 bridgehead atoms. The molecule has 1 heterocycles. The first-order chi connectivity index (χ1) is 13.3. The smallest absolute Gasteiger partial charge is 0.308 e. The molecule has 8 nitrogen and oxygen atoms in total. The average molecular weight is 382 g/mol. The van der Waals surface area contributed by atoms with Crippen molar-refractivity contribution < 1.29 is 24.0 Å². The van der Waals surface area contributed by atoms with Gasteiger partial charge in [0.05, 0.1) is 22.5 Å². The van der Waals surface area contributed by atoms with E-state index in [1.165, 1.54) is 18.2 Å². The lowest BCUT2D eigenvalue weighted by atomic mass is 10.1. The Balaban J connectivity index is 1.60. The maximum Gasteiger partial charge on any atom is 0.308 e. The van der Waals surface area contributed by atoms with Crippen molar-refractivity contribution in [1.82, 2.24) is 4.90 Å². The van der Waals surface area contributed by atoms with Gasteiger partial charge in [0.25, 0.3) is 17.5 Å². The molecule has 1 aliphatic rings. The lowest BCUT2D eigenvalue weighted by Gasteiger charge is -2.16. The first-order valence-corrected chi connectivity index (χ1v) is 8.68. The number of carbonyl (C=O) groups is 3. The highest BCUT2D eigenvalue weighted by Gasteiger charge is 2.35. The molecule has 0 N–H and O–H groups in total. The van der Waals surface area contributed by atoms with Crippen molar-refractivity contribution in [3.05, 3.63) is 74.8 Å². The van der Waals surface area contributed by atoms with E-state index in [2.05, 4.69) is 0 Å². The summed E-state index contributed by atoms with van der Waals surface area (Å²) < 4.78 is 5.29. The molecular formula is C20H18N2O6. The second-order valence-corrected chi connectivity index (χ2v) is 6.55. The van der Waals surface area contributed by atoms with Crippen LogP contribution in [-0.2, 0) is 9.53 Å². The minimum atomic E-state index is -0.697. The van der Waals surface area contributed by atoms with Gasteiger partial charge in [-0.15, -0.1) is 0 Å². The molecule has 0 fully saturated rings. The molecule has 0 aliphatic carbocycles. The number of hydrogen-bond acceptors (Lipinski definition) is 6. The largest absolute Gasteiger partial charge is 0.458 e. The zero-order chi connectivity index (χ0) is 20.4. The van der Waals surface area contributed by atoms with E-state index in [-0.39, 0.29) is 18.7 Å². The van der Waals surface area contributed by atoms with Crippen molar-refractivity contribution in [3.63, 3.8) is 0 Å². The summed E-state index contributed by atoms with van der Waals surface area (Å²) in [5.41, 5.74) is 1.92. The number of carbonyl (C=O) groups excluding carboxylic acids is 3. The molecule has 1 aliphatic heterocycles. The molecule has 2 amide bonds. The zero-order valence-electron chi connectivity index (χ0n) is 15.4. The van der Waals surface area contributed by atoms with Crippen LogP contribution in [0.2, 0.25) is 0 Å². The summed E-state index contributed by atoms with van der Waals surface area (Å²) in [7, 11) is 0. The summed E-state index contributed by atoms with van der Waals surface area (Å²) in [6.07, 6.45) is -0.860. The fourth-order valence-electron chi connectivity index (χ4n) is 3.03. The van der Waals surface area contributed by atoms with Gasteiger partial charge in [-0.3, -0.25) is 29.4 Å². The number of hydrogen-bond donors (Lipinski definition) is 0. The molecule has 28 heavy (non-hydrogen) atoms. The molecule has 8 heteroatoms. The third kappa shape index (κ3) is 3.75. The molecule has 0 saturated carbocycles. The summed E-state index contributed by atoms with van der Waals surface area (Å²) in [5, 5.41) is 10.9. The third-order valence-electron chi connectivity index (χ3n) is 4.52. The van der Waals surface area contributed by atoms with Gasteiger partial charge in [-0.25, -0.2) is 0 Å². The number of nitro benzene ring substituents is 1. The van der Waals surface area contributed by atoms with E-state index < -0.39 is 28.8 Å². The molecule has 3 rings (SSSR count).